The van der Waals surface area contributed by atoms with Crippen LogP contribution in [0.5, 0.6) is 0 Å². The number of aliphatic hydroxyl groups excluding tert-OH is 3. The van der Waals surface area contributed by atoms with Crippen LogP contribution in [0, 0.1) is 5.92 Å². The van der Waals surface area contributed by atoms with Crippen LogP contribution >= 0.6 is 0 Å². The van der Waals surface area contributed by atoms with Crippen molar-refractivity contribution in [2.24, 2.45) is 5.92 Å². The quantitative estimate of drug-likeness (QED) is 0.385. The van der Waals surface area contributed by atoms with Gasteiger partial charge in [-0.05, 0) is 13.8 Å². The average Bonchev–Trinajstić information content (AvgIpc) is 2.57. The van der Waals surface area contributed by atoms with Crippen molar-refractivity contribution in [2.45, 2.75) is 57.3 Å². The van der Waals surface area contributed by atoms with E-state index in [-0.39, 0.29) is 11.1 Å². The first-order valence-electron chi connectivity index (χ1n) is 7.99. The van der Waals surface area contributed by atoms with E-state index in [9.17, 15) is 30.0 Å². The molecule has 2 rings (SSSR count). The van der Waals surface area contributed by atoms with Crippen molar-refractivity contribution < 1.29 is 49.3 Å². The SMILES string of the molecule is C/C=C1/[C@H](O[C@@H]2O[C@H](C)[C@@H](O)[C@H](O)[C@@H]2O)OC=C(C(=O)O)[C@H]1CC(=O)O. The first-order valence-corrected chi connectivity index (χ1v) is 7.99. The molecule has 0 saturated carbocycles. The van der Waals surface area contributed by atoms with Gasteiger partial charge >= 0.3 is 11.9 Å². The summed E-state index contributed by atoms with van der Waals surface area (Å²) in [4.78, 5) is 22.5. The molecule has 7 atom stereocenters. The van der Waals surface area contributed by atoms with E-state index < -0.39 is 61.3 Å². The molecule has 2 heterocycles. The van der Waals surface area contributed by atoms with Crippen LogP contribution in [0.2, 0.25) is 0 Å². The highest BCUT2D eigenvalue weighted by Gasteiger charge is 2.45. The molecule has 10 nitrogen and oxygen atoms in total. The van der Waals surface area contributed by atoms with Crippen molar-refractivity contribution in [3.63, 3.8) is 0 Å². The average molecular weight is 374 g/mol. The number of carbonyl (C=O) groups is 2. The van der Waals surface area contributed by atoms with Crippen LogP contribution in [0.25, 0.3) is 0 Å². The third-order valence-electron chi connectivity index (χ3n) is 4.39. The molecule has 2 aliphatic heterocycles. The van der Waals surface area contributed by atoms with Crippen LogP contribution in [0.1, 0.15) is 20.3 Å². The molecule has 0 amide bonds. The molecule has 0 aromatic rings. The first-order chi connectivity index (χ1) is 12.2. The molecule has 0 unspecified atom stereocenters. The number of hydrogen-bond acceptors (Lipinski definition) is 8. The largest absolute Gasteiger partial charge is 0.481 e. The lowest BCUT2D eigenvalue weighted by molar-refractivity contribution is -0.321. The molecule has 1 fully saturated rings. The second-order valence-corrected chi connectivity index (χ2v) is 6.10. The number of aliphatic carboxylic acids is 2. The number of carboxylic acids is 2. The molecule has 0 aromatic carbocycles. The topological polar surface area (TPSA) is 163 Å². The normalized spacial score (nSPS) is 39.2. The lowest BCUT2D eigenvalue weighted by Crippen LogP contribution is -2.58. The van der Waals surface area contributed by atoms with Gasteiger partial charge in [-0.2, -0.15) is 0 Å². The van der Waals surface area contributed by atoms with Gasteiger partial charge in [-0.1, -0.05) is 6.08 Å². The number of aliphatic hydroxyl groups is 3. The van der Waals surface area contributed by atoms with E-state index in [2.05, 4.69) is 0 Å². The molecule has 0 bridgehead atoms. The zero-order valence-electron chi connectivity index (χ0n) is 14.2. The minimum Gasteiger partial charge on any atom is -0.481 e. The predicted molar refractivity (Wildman–Crippen MR) is 83.5 cm³/mol. The Morgan fingerprint density at radius 1 is 1.19 bits per heavy atom. The van der Waals surface area contributed by atoms with Crippen LogP contribution < -0.4 is 0 Å². The highest BCUT2D eigenvalue weighted by molar-refractivity contribution is 5.89. The maximum atomic E-state index is 11.3. The van der Waals surface area contributed by atoms with Gasteiger partial charge in [-0.3, -0.25) is 4.79 Å². The van der Waals surface area contributed by atoms with Crippen molar-refractivity contribution in [3.8, 4) is 0 Å². The van der Waals surface area contributed by atoms with Crippen molar-refractivity contribution in [2.75, 3.05) is 0 Å². The molecule has 0 radical (unpaired) electrons. The Morgan fingerprint density at radius 2 is 1.85 bits per heavy atom. The minimum absolute atomic E-state index is 0.233. The Bertz CT molecular complexity index is 612. The van der Waals surface area contributed by atoms with E-state index in [0.717, 1.165) is 6.26 Å². The van der Waals surface area contributed by atoms with Crippen molar-refractivity contribution in [1.29, 1.82) is 0 Å². The molecule has 146 valence electrons. The summed E-state index contributed by atoms with van der Waals surface area (Å²) in [5.74, 6) is -3.53. The maximum Gasteiger partial charge on any atom is 0.335 e. The van der Waals surface area contributed by atoms with Gasteiger partial charge in [0.2, 0.25) is 6.29 Å². The predicted octanol–water partition coefficient (Wildman–Crippen LogP) is -0.807. The lowest BCUT2D eigenvalue weighted by atomic mass is 9.86. The Balaban J connectivity index is 2.24. The van der Waals surface area contributed by atoms with Gasteiger partial charge < -0.3 is 39.7 Å². The molecule has 0 aliphatic carbocycles. The van der Waals surface area contributed by atoms with E-state index in [4.69, 9.17) is 19.3 Å². The fraction of sp³-hybridized carbons (Fsp3) is 0.625. The molecular formula is C16H22O10. The molecule has 2 aliphatic rings. The van der Waals surface area contributed by atoms with Gasteiger partial charge in [-0.15, -0.1) is 0 Å². The van der Waals surface area contributed by atoms with Crippen LogP contribution in [0.3, 0.4) is 0 Å². The van der Waals surface area contributed by atoms with E-state index in [1.807, 2.05) is 0 Å². The Kier molecular flexibility index (Phi) is 6.37. The zero-order valence-corrected chi connectivity index (χ0v) is 14.2. The third kappa shape index (κ3) is 4.05. The molecule has 26 heavy (non-hydrogen) atoms. The summed E-state index contributed by atoms with van der Waals surface area (Å²) < 4.78 is 16.1. The lowest BCUT2D eigenvalue weighted by Gasteiger charge is -2.41. The summed E-state index contributed by atoms with van der Waals surface area (Å²) in [5, 5.41) is 47.9. The van der Waals surface area contributed by atoms with E-state index in [1.165, 1.54) is 13.0 Å². The summed E-state index contributed by atoms with van der Waals surface area (Å²) >= 11 is 0. The minimum atomic E-state index is -1.58. The van der Waals surface area contributed by atoms with Crippen LogP contribution in [-0.2, 0) is 23.8 Å². The molecule has 5 N–H and O–H groups in total. The number of hydrogen-bond donors (Lipinski definition) is 5. The highest BCUT2D eigenvalue weighted by Crippen LogP contribution is 2.35. The van der Waals surface area contributed by atoms with Gasteiger partial charge in [0.25, 0.3) is 0 Å². The van der Waals surface area contributed by atoms with Crippen molar-refractivity contribution >= 4 is 11.9 Å². The summed E-state index contributed by atoms with van der Waals surface area (Å²) in [5.41, 5.74) is -0.00866. The highest BCUT2D eigenvalue weighted by atomic mass is 16.8. The Labute approximate surface area is 148 Å². The van der Waals surface area contributed by atoms with Gasteiger partial charge in [0.1, 0.15) is 18.3 Å². The number of ether oxygens (including phenoxy) is 3. The van der Waals surface area contributed by atoms with Gasteiger partial charge in [0, 0.05) is 11.5 Å². The summed E-state index contributed by atoms with van der Waals surface area (Å²) in [7, 11) is 0. The van der Waals surface area contributed by atoms with Crippen molar-refractivity contribution in [3.05, 3.63) is 23.5 Å². The molecular weight excluding hydrogens is 352 g/mol. The van der Waals surface area contributed by atoms with E-state index in [1.54, 1.807) is 6.92 Å². The number of carboxylic acid groups (broad SMARTS) is 2. The van der Waals surface area contributed by atoms with Gasteiger partial charge in [0.15, 0.2) is 6.29 Å². The zero-order chi connectivity index (χ0) is 19.6. The molecule has 10 heteroatoms. The summed E-state index contributed by atoms with van der Waals surface area (Å²) in [6.07, 6.45) is -5.95. The molecule has 0 aromatic heterocycles. The van der Waals surface area contributed by atoms with Gasteiger partial charge in [-0.25, -0.2) is 4.79 Å². The van der Waals surface area contributed by atoms with Crippen LogP contribution in [-0.4, -0.2) is 74.5 Å². The summed E-state index contributed by atoms with van der Waals surface area (Å²) in [6.45, 7) is 3.04. The molecule has 0 spiro atoms. The fourth-order valence-electron chi connectivity index (χ4n) is 2.94. The number of allylic oxidation sites excluding steroid dienone is 1. The molecule has 1 saturated heterocycles. The van der Waals surface area contributed by atoms with Crippen LogP contribution in [0.4, 0.5) is 0 Å². The third-order valence-corrected chi connectivity index (χ3v) is 4.39. The fourth-order valence-corrected chi connectivity index (χ4v) is 2.94. The first kappa shape index (κ1) is 20.3. The Hall–Kier alpha value is -1.98. The summed E-state index contributed by atoms with van der Waals surface area (Å²) in [6, 6.07) is 0. The van der Waals surface area contributed by atoms with E-state index in [0.29, 0.717) is 0 Å². The standard InChI is InChI=1S/C16H22O10/c1-3-7-8(4-10(17)18)9(14(22)23)5-24-15(7)26-16-13(21)12(20)11(19)6(2)25-16/h3,5-6,8,11-13,15-16,19-21H,4H2,1-2H3,(H,17,18)(H,22,23)/b7-3+/t6-,8+,11-,12+,13+,15+,16+/m1/s1. The monoisotopic (exact) mass is 374 g/mol. The maximum absolute atomic E-state index is 11.3. The smallest absolute Gasteiger partial charge is 0.335 e. The van der Waals surface area contributed by atoms with Crippen molar-refractivity contribution in [1.82, 2.24) is 0 Å². The Morgan fingerprint density at radius 3 is 2.38 bits per heavy atom. The second-order valence-electron chi connectivity index (χ2n) is 6.10. The second kappa shape index (κ2) is 8.14. The van der Waals surface area contributed by atoms with Gasteiger partial charge in [0.05, 0.1) is 24.4 Å². The number of rotatable bonds is 5. The van der Waals surface area contributed by atoms with E-state index >= 15 is 0 Å². The van der Waals surface area contributed by atoms with Crippen LogP contribution in [0.15, 0.2) is 23.5 Å².